The summed E-state index contributed by atoms with van der Waals surface area (Å²) in [6.07, 6.45) is 3.39. The highest BCUT2D eigenvalue weighted by Crippen LogP contribution is 2.32. The van der Waals surface area contributed by atoms with Gasteiger partial charge in [-0.15, -0.1) is 11.8 Å². The Morgan fingerprint density at radius 3 is 2.69 bits per heavy atom. The van der Waals surface area contributed by atoms with Crippen LogP contribution in [0.25, 0.3) is 0 Å². The molecule has 3 heteroatoms. The predicted molar refractivity (Wildman–Crippen MR) is 54.6 cm³/mol. The van der Waals surface area contributed by atoms with Crippen LogP contribution in [-0.4, -0.2) is 9.73 Å². The van der Waals surface area contributed by atoms with E-state index < -0.39 is 0 Å². The molecular weight excluding hydrogens is 180 g/mol. The molecule has 0 aliphatic heterocycles. The lowest BCUT2D eigenvalue weighted by Crippen LogP contribution is -2.07. The van der Waals surface area contributed by atoms with Crippen molar-refractivity contribution < 1.29 is 0 Å². The fraction of sp³-hybridized carbons (Fsp3) is 0.400. The van der Waals surface area contributed by atoms with Crippen molar-refractivity contribution in [3.63, 3.8) is 0 Å². The fourth-order valence-electron chi connectivity index (χ4n) is 0.884. The van der Waals surface area contributed by atoms with Gasteiger partial charge in [0.25, 0.3) is 0 Å². The lowest BCUT2D eigenvalue weighted by Gasteiger charge is -2.17. The molecular formula is C10H12N2S. The van der Waals surface area contributed by atoms with Crippen LogP contribution in [0.5, 0.6) is 0 Å². The highest BCUT2D eigenvalue weighted by molar-refractivity contribution is 8.00. The SMILES string of the molecule is CC(C)(C)Sc1cnccc1C#N. The van der Waals surface area contributed by atoms with Gasteiger partial charge in [0.2, 0.25) is 0 Å². The highest BCUT2D eigenvalue weighted by atomic mass is 32.2. The van der Waals surface area contributed by atoms with Gasteiger partial charge in [0.1, 0.15) is 6.07 Å². The van der Waals surface area contributed by atoms with Crippen LogP contribution in [0.2, 0.25) is 0 Å². The van der Waals surface area contributed by atoms with Crippen LogP contribution in [0.15, 0.2) is 23.4 Å². The second kappa shape index (κ2) is 3.80. The molecule has 0 saturated carbocycles. The van der Waals surface area contributed by atoms with E-state index in [1.165, 1.54) is 0 Å². The number of pyridine rings is 1. The maximum absolute atomic E-state index is 8.82. The third kappa shape index (κ3) is 3.08. The third-order valence-corrected chi connectivity index (χ3v) is 2.48. The molecule has 0 spiro atoms. The van der Waals surface area contributed by atoms with Crippen molar-refractivity contribution in [1.82, 2.24) is 4.98 Å². The van der Waals surface area contributed by atoms with Crippen molar-refractivity contribution in [2.24, 2.45) is 0 Å². The molecule has 0 fully saturated rings. The van der Waals surface area contributed by atoms with E-state index in [0.29, 0.717) is 5.56 Å². The molecule has 1 aromatic rings. The van der Waals surface area contributed by atoms with Gasteiger partial charge in [0, 0.05) is 22.0 Å². The van der Waals surface area contributed by atoms with Crippen LogP contribution in [0.4, 0.5) is 0 Å². The van der Waals surface area contributed by atoms with E-state index in [1.807, 2.05) is 0 Å². The van der Waals surface area contributed by atoms with Crippen LogP contribution >= 0.6 is 11.8 Å². The van der Waals surface area contributed by atoms with E-state index in [1.54, 1.807) is 30.2 Å². The lowest BCUT2D eigenvalue weighted by molar-refractivity contribution is 0.802. The molecule has 0 saturated heterocycles. The van der Waals surface area contributed by atoms with Gasteiger partial charge in [-0.3, -0.25) is 4.98 Å². The molecule has 0 aliphatic rings. The van der Waals surface area contributed by atoms with Crippen LogP contribution in [0.1, 0.15) is 26.3 Å². The summed E-state index contributed by atoms with van der Waals surface area (Å²) in [6, 6.07) is 3.90. The Labute approximate surface area is 83.0 Å². The monoisotopic (exact) mass is 192 g/mol. The first-order valence-corrected chi connectivity index (χ1v) is 4.88. The fourth-order valence-corrected chi connectivity index (χ4v) is 1.88. The Morgan fingerprint density at radius 2 is 2.15 bits per heavy atom. The van der Waals surface area contributed by atoms with Crippen molar-refractivity contribution in [3.8, 4) is 6.07 Å². The van der Waals surface area contributed by atoms with Gasteiger partial charge >= 0.3 is 0 Å². The van der Waals surface area contributed by atoms with Crippen molar-refractivity contribution in [2.45, 2.75) is 30.4 Å². The summed E-state index contributed by atoms with van der Waals surface area (Å²) in [4.78, 5) is 4.96. The zero-order valence-corrected chi connectivity index (χ0v) is 8.85. The molecule has 0 amide bonds. The molecule has 1 aromatic heterocycles. The van der Waals surface area contributed by atoms with E-state index in [-0.39, 0.29) is 4.75 Å². The summed E-state index contributed by atoms with van der Waals surface area (Å²) < 4.78 is 0.120. The van der Waals surface area contributed by atoms with Gasteiger partial charge in [-0.05, 0) is 6.07 Å². The molecule has 0 aliphatic carbocycles. The minimum Gasteiger partial charge on any atom is -0.263 e. The van der Waals surface area contributed by atoms with Gasteiger partial charge in [0.05, 0.1) is 5.56 Å². The topological polar surface area (TPSA) is 36.7 Å². The molecule has 0 atom stereocenters. The van der Waals surface area contributed by atoms with E-state index in [2.05, 4.69) is 31.8 Å². The lowest BCUT2D eigenvalue weighted by atomic mass is 10.3. The number of nitriles is 1. The number of rotatable bonds is 1. The van der Waals surface area contributed by atoms with Gasteiger partial charge in [-0.25, -0.2) is 0 Å². The minimum atomic E-state index is 0.120. The Morgan fingerprint density at radius 1 is 1.46 bits per heavy atom. The third-order valence-electron chi connectivity index (χ3n) is 1.32. The molecule has 1 rings (SSSR count). The molecule has 68 valence electrons. The molecule has 0 bridgehead atoms. The molecule has 0 N–H and O–H groups in total. The Kier molecular flexibility index (Phi) is 2.94. The Hall–Kier alpha value is -1.01. The average Bonchev–Trinajstić information content (AvgIpc) is 2.02. The molecule has 0 radical (unpaired) electrons. The van der Waals surface area contributed by atoms with Crippen LogP contribution in [0, 0.1) is 11.3 Å². The second-order valence-corrected chi connectivity index (χ2v) is 5.57. The van der Waals surface area contributed by atoms with Crippen molar-refractivity contribution in [2.75, 3.05) is 0 Å². The second-order valence-electron chi connectivity index (χ2n) is 3.70. The zero-order chi connectivity index (χ0) is 9.90. The smallest absolute Gasteiger partial charge is 0.100 e. The van der Waals surface area contributed by atoms with Crippen molar-refractivity contribution in [3.05, 3.63) is 24.0 Å². The summed E-state index contributed by atoms with van der Waals surface area (Å²) in [5.41, 5.74) is 0.704. The first-order chi connectivity index (χ1) is 6.03. The maximum Gasteiger partial charge on any atom is 0.100 e. The average molecular weight is 192 g/mol. The summed E-state index contributed by atoms with van der Waals surface area (Å²) in [5.74, 6) is 0. The number of nitrogens with zero attached hydrogens (tertiary/aromatic N) is 2. The Bertz CT molecular complexity index is 334. The first-order valence-electron chi connectivity index (χ1n) is 4.06. The summed E-state index contributed by atoms with van der Waals surface area (Å²) in [6.45, 7) is 6.35. The minimum absolute atomic E-state index is 0.120. The number of hydrogen-bond donors (Lipinski definition) is 0. The van der Waals surface area contributed by atoms with Crippen LogP contribution < -0.4 is 0 Å². The summed E-state index contributed by atoms with van der Waals surface area (Å²) in [5, 5.41) is 8.82. The van der Waals surface area contributed by atoms with Gasteiger partial charge in [-0.2, -0.15) is 5.26 Å². The van der Waals surface area contributed by atoms with Crippen molar-refractivity contribution in [1.29, 1.82) is 5.26 Å². The molecule has 13 heavy (non-hydrogen) atoms. The van der Waals surface area contributed by atoms with E-state index in [0.717, 1.165) is 4.90 Å². The normalized spacial score (nSPS) is 10.9. The number of aromatic nitrogens is 1. The predicted octanol–water partition coefficient (Wildman–Crippen LogP) is 2.84. The Balaban J connectivity index is 2.96. The molecule has 1 heterocycles. The van der Waals surface area contributed by atoms with E-state index in [4.69, 9.17) is 5.26 Å². The van der Waals surface area contributed by atoms with Crippen molar-refractivity contribution >= 4 is 11.8 Å². The van der Waals surface area contributed by atoms with Gasteiger partial charge < -0.3 is 0 Å². The van der Waals surface area contributed by atoms with Gasteiger partial charge in [0.15, 0.2) is 0 Å². The summed E-state index contributed by atoms with van der Waals surface area (Å²) in [7, 11) is 0. The standard InChI is InChI=1S/C10H12N2S/c1-10(2,3)13-9-7-12-5-4-8(9)6-11/h4-5,7H,1-3H3. The number of thioether (sulfide) groups is 1. The zero-order valence-electron chi connectivity index (χ0n) is 8.03. The van der Waals surface area contributed by atoms with Gasteiger partial charge in [-0.1, -0.05) is 20.8 Å². The van der Waals surface area contributed by atoms with E-state index in [9.17, 15) is 0 Å². The van der Waals surface area contributed by atoms with E-state index >= 15 is 0 Å². The molecule has 0 aromatic carbocycles. The summed E-state index contributed by atoms with van der Waals surface area (Å²) >= 11 is 1.67. The first kappa shape index (κ1) is 10.1. The van der Waals surface area contributed by atoms with Crippen LogP contribution in [-0.2, 0) is 0 Å². The maximum atomic E-state index is 8.82. The highest BCUT2D eigenvalue weighted by Gasteiger charge is 2.14. The quantitative estimate of drug-likeness (QED) is 0.642. The van der Waals surface area contributed by atoms with Crippen LogP contribution in [0.3, 0.4) is 0 Å². The number of hydrogen-bond acceptors (Lipinski definition) is 3. The molecule has 2 nitrogen and oxygen atoms in total. The molecule has 0 unspecified atom stereocenters. The largest absolute Gasteiger partial charge is 0.263 e.